The average molecular weight is 294 g/mol. The first kappa shape index (κ1) is 15.1. The maximum atomic E-state index is 5.66. The highest BCUT2D eigenvalue weighted by Crippen LogP contribution is 2.20. The van der Waals surface area contributed by atoms with Gasteiger partial charge in [0.2, 0.25) is 0 Å². The lowest BCUT2D eigenvalue weighted by Gasteiger charge is -2.08. The lowest BCUT2D eigenvalue weighted by atomic mass is 10.1. The molecule has 0 radical (unpaired) electrons. The molecule has 0 spiro atoms. The normalized spacial score (nSPS) is 11.4. The zero-order valence-corrected chi connectivity index (χ0v) is 13.1. The molecule has 0 aliphatic rings. The number of nitrogens with zero attached hydrogens (tertiary/aromatic N) is 1. The molecule has 110 valence electrons. The van der Waals surface area contributed by atoms with Gasteiger partial charge in [-0.05, 0) is 36.7 Å². The van der Waals surface area contributed by atoms with Crippen LogP contribution in [0.1, 0.15) is 20.3 Å². The molecule has 0 saturated heterocycles. The number of rotatable bonds is 7. The Morgan fingerprint density at radius 2 is 2.10 bits per heavy atom. The van der Waals surface area contributed by atoms with E-state index in [0.29, 0.717) is 12.5 Å². The van der Waals surface area contributed by atoms with E-state index >= 15 is 0 Å². The highest BCUT2D eigenvalue weighted by molar-refractivity contribution is 7.71. The van der Waals surface area contributed by atoms with Crippen LogP contribution in [0.5, 0.6) is 5.75 Å². The third-order valence-corrected chi connectivity index (χ3v) is 3.60. The van der Waals surface area contributed by atoms with Gasteiger partial charge in [0.1, 0.15) is 5.75 Å². The van der Waals surface area contributed by atoms with Crippen LogP contribution in [0, 0.1) is 10.7 Å². The predicted octanol–water partition coefficient (Wildman–Crippen LogP) is 3.77. The van der Waals surface area contributed by atoms with Gasteiger partial charge in [0, 0.05) is 19.2 Å². The van der Waals surface area contributed by atoms with Crippen LogP contribution in [0.3, 0.4) is 0 Å². The Morgan fingerprint density at radius 3 is 2.80 bits per heavy atom. The van der Waals surface area contributed by atoms with E-state index in [9.17, 15) is 0 Å². The minimum atomic E-state index is 0.678. The number of H-pyrrole nitrogens is 1. The Balaban J connectivity index is 2.03. The molecule has 0 aliphatic carbocycles. The summed E-state index contributed by atoms with van der Waals surface area (Å²) in [5.74, 6) is 1.51. The monoisotopic (exact) mass is 294 g/mol. The van der Waals surface area contributed by atoms with E-state index in [1.165, 1.54) is 0 Å². The van der Waals surface area contributed by atoms with E-state index in [2.05, 4.69) is 23.4 Å². The van der Waals surface area contributed by atoms with Crippen LogP contribution in [0.25, 0.3) is 11.0 Å². The van der Waals surface area contributed by atoms with E-state index in [1.54, 1.807) is 7.11 Å². The van der Waals surface area contributed by atoms with Gasteiger partial charge in [-0.3, -0.25) is 0 Å². The van der Waals surface area contributed by atoms with E-state index < -0.39 is 0 Å². The van der Waals surface area contributed by atoms with Crippen LogP contribution < -0.4 is 4.74 Å². The van der Waals surface area contributed by atoms with Crippen molar-refractivity contribution in [3.8, 4) is 5.75 Å². The summed E-state index contributed by atoms with van der Waals surface area (Å²) in [6.45, 7) is 6.66. The summed E-state index contributed by atoms with van der Waals surface area (Å²) in [4.78, 5) is 3.20. The molecule has 1 aromatic heterocycles. The lowest BCUT2D eigenvalue weighted by Crippen LogP contribution is -2.08. The Labute approximate surface area is 124 Å². The number of nitrogens with one attached hydrogen (secondary N) is 1. The van der Waals surface area contributed by atoms with Gasteiger partial charge in [0.15, 0.2) is 4.77 Å². The first-order valence-electron chi connectivity index (χ1n) is 6.96. The second kappa shape index (κ2) is 6.90. The van der Waals surface area contributed by atoms with Crippen molar-refractivity contribution in [3.63, 3.8) is 0 Å². The number of fused-ring (bicyclic) bond motifs is 1. The highest BCUT2D eigenvalue weighted by atomic mass is 32.1. The van der Waals surface area contributed by atoms with E-state index in [-0.39, 0.29) is 0 Å². The third-order valence-electron chi connectivity index (χ3n) is 3.28. The molecule has 2 aromatic rings. The molecule has 0 amide bonds. The van der Waals surface area contributed by atoms with Gasteiger partial charge in [-0.1, -0.05) is 13.8 Å². The van der Waals surface area contributed by atoms with E-state index in [1.807, 2.05) is 18.2 Å². The summed E-state index contributed by atoms with van der Waals surface area (Å²) >= 11 is 5.36. The van der Waals surface area contributed by atoms with Crippen molar-refractivity contribution in [2.24, 2.45) is 5.92 Å². The van der Waals surface area contributed by atoms with Gasteiger partial charge < -0.3 is 19.0 Å². The number of aromatic amines is 1. The fourth-order valence-electron chi connectivity index (χ4n) is 2.07. The maximum absolute atomic E-state index is 5.66. The van der Waals surface area contributed by atoms with Gasteiger partial charge in [-0.15, -0.1) is 0 Å². The van der Waals surface area contributed by atoms with E-state index in [0.717, 1.165) is 41.1 Å². The first-order valence-corrected chi connectivity index (χ1v) is 7.37. The summed E-state index contributed by atoms with van der Waals surface area (Å²) in [5.41, 5.74) is 2.08. The second-order valence-corrected chi connectivity index (χ2v) is 5.65. The van der Waals surface area contributed by atoms with Gasteiger partial charge >= 0.3 is 0 Å². The van der Waals surface area contributed by atoms with Crippen molar-refractivity contribution in [2.75, 3.05) is 20.3 Å². The molecule has 1 aromatic carbocycles. The Hall–Kier alpha value is -1.33. The molecule has 0 saturated carbocycles. The Bertz CT molecular complexity index is 616. The molecule has 0 unspecified atom stereocenters. The Kier molecular flexibility index (Phi) is 5.20. The minimum Gasteiger partial charge on any atom is -0.497 e. The molecule has 20 heavy (non-hydrogen) atoms. The van der Waals surface area contributed by atoms with Crippen LogP contribution in [0.4, 0.5) is 0 Å². The summed E-state index contributed by atoms with van der Waals surface area (Å²) in [5, 5.41) is 0. The Morgan fingerprint density at radius 1 is 1.30 bits per heavy atom. The predicted molar refractivity (Wildman–Crippen MR) is 83.9 cm³/mol. The molecule has 2 rings (SSSR count). The summed E-state index contributed by atoms with van der Waals surface area (Å²) in [6.07, 6.45) is 1.09. The van der Waals surface area contributed by atoms with Crippen LogP contribution in [-0.4, -0.2) is 29.9 Å². The van der Waals surface area contributed by atoms with Gasteiger partial charge in [0.05, 0.1) is 24.8 Å². The number of imidazole rings is 1. The summed E-state index contributed by atoms with van der Waals surface area (Å²) < 4.78 is 13.7. The molecule has 0 atom stereocenters. The molecule has 0 bridgehead atoms. The highest BCUT2D eigenvalue weighted by Gasteiger charge is 2.05. The second-order valence-electron chi connectivity index (χ2n) is 5.26. The number of hydrogen-bond donors (Lipinski definition) is 1. The quantitative estimate of drug-likeness (QED) is 0.624. The van der Waals surface area contributed by atoms with Gasteiger partial charge in [0.25, 0.3) is 0 Å². The third kappa shape index (κ3) is 3.61. The van der Waals surface area contributed by atoms with Crippen molar-refractivity contribution in [2.45, 2.75) is 26.8 Å². The molecular formula is C15H22N2O2S. The number of methoxy groups -OCH3 is 1. The van der Waals surface area contributed by atoms with Crippen LogP contribution in [-0.2, 0) is 11.3 Å². The largest absolute Gasteiger partial charge is 0.497 e. The number of ether oxygens (including phenoxy) is 2. The minimum absolute atomic E-state index is 0.678. The number of hydrogen-bond acceptors (Lipinski definition) is 3. The molecule has 4 nitrogen and oxygen atoms in total. The lowest BCUT2D eigenvalue weighted by molar-refractivity contribution is 0.116. The molecule has 5 heteroatoms. The topological polar surface area (TPSA) is 39.2 Å². The van der Waals surface area contributed by atoms with Crippen LogP contribution in [0.15, 0.2) is 18.2 Å². The molecule has 0 fully saturated rings. The number of benzene rings is 1. The first-order chi connectivity index (χ1) is 9.61. The molecule has 0 aliphatic heterocycles. The zero-order valence-electron chi connectivity index (χ0n) is 12.3. The van der Waals surface area contributed by atoms with Crippen molar-refractivity contribution in [1.29, 1.82) is 0 Å². The standard InChI is InChI=1S/C15H22N2O2S/c1-11(2)6-8-19-9-7-17-14-5-4-12(18-3)10-13(14)16-15(17)20/h4-5,10-11H,6-9H2,1-3H3,(H,16,20). The van der Waals surface area contributed by atoms with Crippen molar-refractivity contribution in [1.82, 2.24) is 9.55 Å². The van der Waals surface area contributed by atoms with Crippen LogP contribution in [0.2, 0.25) is 0 Å². The number of aromatic nitrogens is 2. The molecule has 1 heterocycles. The summed E-state index contributed by atoms with van der Waals surface area (Å²) in [6, 6.07) is 5.93. The van der Waals surface area contributed by atoms with Gasteiger partial charge in [-0.25, -0.2) is 0 Å². The van der Waals surface area contributed by atoms with Crippen LogP contribution >= 0.6 is 12.2 Å². The SMILES string of the molecule is COc1ccc2c(c1)[nH]c(=S)n2CCOCCC(C)C. The fourth-order valence-corrected chi connectivity index (χ4v) is 2.37. The van der Waals surface area contributed by atoms with Crippen molar-refractivity contribution < 1.29 is 9.47 Å². The van der Waals surface area contributed by atoms with Crippen molar-refractivity contribution >= 4 is 23.3 Å². The van der Waals surface area contributed by atoms with E-state index in [4.69, 9.17) is 21.7 Å². The fraction of sp³-hybridized carbons (Fsp3) is 0.533. The molecular weight excluding hydrogens is 272 g/mol. The average Bonchev–Trinajstić information content (AvgIpc) is 2.73. The maximum Gasteiger partial charge on any atom is 0.178 e. The smallest absolute Gasteiger partial charge is 0.178 e. The van der Waals surface area contributed by atoms with Crippen molar-refractivity contribution in [3.05, 3.63) is 23.0 Å². The summed E-state index contributed by atoms with van der Waals surface area (Å²) in [7, 11) is 1.66. The van der Waals surface area contributed by atoms with Gasteiger partial charge in [-0.2, -0.15) is 0 Å². The zero-order chi connectivity index (χ0) is 14.5. The molecule has 1 N–H and O–H groups in total.